The molecule has 2 rings (SSSR count). The molecule has 0 aliphatic carbocycles. The van der Waals surface area contributed by atoms with Crippen molar-refractivity contribution in [1.82, 2.24) is 0 Å². The minimum atomic E-state index is -4.27. The molecule has 2 aromatic rings. The summed E-state index contributed by atoms with van der Waals surface area (Å²) in [7, 11) is -4.27. The van der Waals surface area contributed by atoms with Gasteiger partial charge in [-0.25, -0.2) is 0 Å². The van der Waals surface area contributed by atoms with Crippen LogP contribution in [0.2, 0.25) is 0 Å². The molecular weight excluding hydrogens is 351 g/mol. The van der Waals surface area contributed by atoms with Crippen molar-refractivity contribution >= 4 is 10.1 Å². The van der Waals surface area contributed by atoms with Gasteiger partial charge in [0.25, 0.3) is 10.1 Å². The Morgan fingerprint density at radius 3 is 2.24 bits per heavy atom. The molecule has 0 radical (unpaired) electrons. The van der Waals surface area contributed by atoms with E-state index in [-0.39, 0.29) is 40.2 Å². The van der Waals surface area contributed by atoms with Crippen molar-refractivity contribution in [3.8, 4) is 17.2 Å². The average molecular weight is 372 g/mol. The maximum Gasteiger partial charge on any atom is 1.00 e. The molecule has 0 spiro atoms. The van der Waals surface area contributed by atoms with Gasteiger partial charge in [0, 0.05) is 0 Å². The Hall–Kier alpha value is -1.05. The first kappa shape index (κ1) is 22.0. The Labute approximate surface area is 171 Å². The molecule has 0 aliphatic rings. The van der Waals surface area contributed by atoms with E-state index in [0.29, 0.717) is 23.5 Å². The van der Waals surface area contributed by atoms with Crippen molar-refractivity contribution in [2.75, 3.05) is 0 Å². The minimum Gasteiger partial charge on any atom is -0.872 e. The molecule has 0 unspecified atom stereocenters. The number of rotatable bonds is 8. The van der Waals surface area contributed by atoms with Gasteiger partial charge in [-0.2, -0.15) is 8.42 Å². The van der Waals surface area contributed by atoms with Gasteiger partial charge in [0.15, 0.2) is 0 Å². The van der Waals surface area contributed by atoms with E-state index in [0.717, 1.165) is 25.7 Å². The first-order chi connectivity index (χ1) is 11.4. The van der Waals surface area contributed by atoms with Gasteiger partial charge in [0.2, 0.25) is 0 Å². The fourth-order valence-corrected chi connectivity index (χ4v) is 3.18. The third-order valence-electron chi connectivity index (χ3n) is 3.67. The van der Waals surface area contributed by atoms with Gasteiger partial charge in [-0.15, -0.1) is 5.75 Å². The van der Waals surface area contributed by atoms with Gasteiger partial charge < -0.3 is 9.84 Å². The summed E-state index contributed by atoms with van der Waals surface area (Å²) in [6, 6.07) is 10.4. The predicted octanol–water partition coefficient (Wildman–Crippen LogP) is 0.926. The molecule has 0 saturated carbocycles. The summed E-state index contributed by atoms with van der Waals surface area (Å²) >= 11 is 0. The molecule has 0 fully saturated rings. The average Bonchev–Trinajstić information content (AvgIpc) is 2.53. The van der Waals surface area contributed by atoms with E-state index in [1.54, 1.807) is 18.2 Å². The van der Waals surface area contributed by atoms with E-state index in [9.17, 15) is 18.1 Å². The Morgan fingerprint density at radius 1 is 1.00 bits per heavy atom. The second-order valence-corrected chi connectivity index (χ2v) is 7.02. The SMILES string of the molecule is CCCCCCc1cc(Oc2ccc([O-])cc2)ccc1S(=O)(=O)O.[Na+]. The number of hydrogen-bond donors (Lipinski definition) is 1. The van der Waals surface area contributed by atoms with Gasteiger partial charge in [0.1, 0.15) is 11.5 Å². The summed E-state index contributed by atoms with van der Waals surface area (Å²) < 4.78 is 38.1. The van der Waals surface area contributed by atoms with Crippen LogP contribution < -0.4 is 39.4 Å². The molecule has 0 heterocycles. The first-order valence-electron chi connectivity index (χ1n) is 7.95. The van der Waals surface area contributed by atoms with Crippen LogP contribution in [-0.2, 0) is 16.5 Å². The second-order valence-electron chi connectivity index (χ2n) is 5.63. The largest absolute Gasteiger partial charge is 1.00 e. The van der Waals surface area contributed by atoms with Crippen LogP contribution in [0.1, 0.15) is 38.2 Å². The zero-order valence-corrected chi connectivity index (χ0v) is 17.4. The van der Waals surface area contributed by atoms with Crippen molar-refractivity contribution in [3.05, 3.63) is 48.0 Å². The van der Waals surface area contributed by atoms with Crippen molar-refractivity contribution < 1.29 is 52.4 Å². The van der Waals surface area contributed by atoms with Crippen LogP contribution in [0.15, 0.2) is 47.4 Å². The van der Waals surface area contributed by atoms with E-state index in [4.69, 9.17) is 4.74 Å². The van der Waals surface area contributed by atoms with Gasteiger partial charge in [0.05, 0.1) is 4.90 Å². The molecule has 0 atom stereocenters. The fraction of sp³-hybridized carbons (Fsp3) is 0.333. The number of unbranched alkanes of at least 4 members (excludes halogenated alkanes) is 3. The van der Waals surface area contributed by atoms with Gasteiger partial charge >= 0.3 is 29.6 Å². The summed E-state index contributed by atoms with van der Waals surface area (Å²) in [5.74, 6) is 0.846. The van der Waals surface area contributed by atoms with Gasteiger partial charge in [-0.3, -0.25) is 4.55 Å². The summed E-state index contributed by atoms with van der Waals surface area (Å²) in [4.78, 5) is -0.0822. The monoisotopic (exact) mass is 372 g/mol. The quantitative estimate of drug-likeness (QED) is 0.423. The Bertz CT molecular complexity index is 773. The van der Waals surface area contributed by atoms with Crippen LogP contribution in [-0.4, -0.2) is 13.0 Å². The zero-order chi connectivity index (χ0) is 17.6. The van der Waals surface area contributed by atoms with Crippen molar-refractivity contribution in [2.45, 2.75) is 43.9 Å². The topological polar surface area (TPSA) is 86.7 Å². The van der Waals surface area contributed by atoms with Crippen LogP contribution in [0.3, 0.4) is 0 Å². The third kappa shape index (κ3) is 6.99. The molecule has 0 amide bonds. The number of hydrogen-bond acceptors (Lipinski definition) is 4. The van der Waals surface area contributed by atoms with E-state index >= 15 is 0 Å². The molecule has 1 N–H and O–H groups in total. The van der Waals surface area contributed by atoms with Crippen molar-refractivity contribution in [3.63, 3.8) is 0 Å². The second kappa shape index (κ2) is 10.2. The molecule has 130 valence electrons. The van der Waals surface area contributed by atoms with Crippen LogP contribution in [0.25, 0.3) is 0 Å². The molecule has 25 heavy (non-hydrogen) atoms. The van der Waals surface area contributed by atoms with E-state index in [1.165, 1.54) is 24.3 Å². The molecule has 0 bridgehead atoms. The van der Waals surface area contributed by atoms with Crippen LogP contribution in [0, 0.1) is 0 Å². The number of aryl methyl sites for hydroxylation is 1. The summed E-state index contributed by atoms with van der Waals surface area (Å²) in [5, 5.41) is 11.1. The van der Waals surface area contributed by atoms with Crippen LogP contribution in [0.4, 0.5) is 0 Å². The maximum absolute atomic E-state index is 11.5. The summed E-state index contributed by atoms with van der Waals surface area (Å²) in [6.07, 6.45) is 4.55. The third-order valence-corrected chi connectivity index (χ3v) is 4.62. The van der Waals surface area contributed by atoms with E-state index in [1.807, 2.05) is 0 Å². The van der Waals surface area contributed by atoms with Crippen LogP contribution in [0.5, 0.6) is 17.2 Å². The van der Waals surface area contributed by atoms with Crippen molar-refractivity contribution in [2.24, 2.45) is 0 Å². The maximum atomic E-state index is 11.5. The van der Waals surface area contributed by atoms with Crippen molar-refractivity contribution in [1.29, 1.82) is 0 Å². The van der Waals surface area contributed by atoms with E-state index < -0.39 is 10.1 Å². The standard InChI is InChI=1S/C18H22O5S.Na/c1-2-3-4-5-6-14-13-17(11-12-18(14)24(20,21)22)23-16-9-7-15(19)8-10-16;/h7-13,19H,2-6H2,1H3,(H,20,21,22);/q;+1/p-1. The minimum absolute atomic E-state index is 0. The summed E-state index contributed by atoms with van der Waals surface area (Å²) in [6.45, 7) is 2.10. The molecule has 2 aromatic carbocycles. The smallest absolute Gasteiger partial charge is 0.872 e. The normalized spacial score (nSPS) is 11.0. The number of ether oxygens (including phenoxy) is 1. The Balaban J connectivity index is 0.00000312. The molecule has 0 aromatic heterocycles. The molecule has 7 heteroatoms. The molecule has 5 nitrogen and oxygen atoms in total. The predicted molar refractivity (Wildman–Crippen MR) is 90.1 cm³/mol. The zero-order valence-electron chi connectivity index (χ0n) is 14.6. The van der Waals surface area contributed by atoms with Gasteiger partial charge in [-0.05, 0) is 48.7 Å². The molecular formula is C18H21NaO5S. The summed E-state index contributed by atoms with van der Waals surface area (Å²) in [5.41, 5.74) is 0.534. The Kier molecular flexibility index (Phi) is 8.96. The first-order valence-corrected chi connectivity index (χ1v) is 9.39. The van der Waals surface area contributed by atoms with E-state index in [2.05, 4.69) is 6.92 Å². The van der Waals surface area contributed by atoms with Crippen LogP contribution >= 0.6 is 0 Å². The molecule has 0 aliphatic heterocycles. The Morgan fingerprint density at radius 2 is 1.64 bits per heavy atom. The number of benzene rings is 2. The fourth-order valence-electron chi connectivity index (χ4n) is 2.45. The molecule has 0 saturated heterocycles. The van der Waals surface area contributed by atoms with Gasteiger partial charge in [-0.1, -0.05) is 38.3 Å².